The lowest BCUT2D eigenvalue weighted by Gasteiger charge is -2.58. The van der Waals surface area contributed by atoms with Crippen LogP contribution >= 0.6 is 0 Å². The number of H-pyrrole nitrogens is 1. The molecule has 7 nitrogen and oxygen atoms in total. The summed E-state index contributed by atoms with van der Waals surface area (Å²) in [6.45, 7) is 8.74. The van der Waals surface area contributed by atoms with Gasteiger partial charge in [0.2, 0.25) is 5.95 Å². The average molecular weight is 348 g/mol. The predicted octanol–water partition coefficient (Wildman–Crippen LogP) is 2.67. The van der Waals surface area contributed by atoms with Gasteiger partial charge in [-0.05, 0) is 59.3 Å². The van der Waals surface area contributed by atoms with Crippen LogP contribution < -0.4 is 10.9 Å². The largest absolute Gasteiger partial charge is 0.444 e. The standard InChI is InChI=1S/C18H28N4O3/c1-12-10-14(23)21-15(20-12)19-11-18-8-7-13(18)6-5-9-22(18)16(24)25-17(2,3)4/h10,13H,5-9,11H2,1-4H3,(H2,19,20,21,23)/t13-,18-/m1/s1. The number of fused-ring (bicyclic) bond motifs is 1. The second-order valence-electron chi connectivity index (χ2n) is 8.20. The van der Waals surface area contributed by atoms with Gasteiger partial charge in [-0.3, -0.25) is 9.78 Å². The molecular weight excluding hydrogens is 320 g/mol. The molecule has 2 atom stereocenters. The van der Waals surface area contributed by atoms with Gasteiger partial charge in [-0.1, -0.05) is 0 Å². The van der Waals surface area contributed by atoms with Crippen molar-refractivity contribution in [1.82, 2.24) is 14.9 Å². The van der Waals surface area contributed by atoms with E-state index in [1.807, 2.05) is 25.7 Å². The molecule has 3 rings (SSSR count). The highest BCUT2D eigenvalue weighted by atomic mass is 16.6. The van der Waals surface area contributed by atoms with Gasteiger partial charge >= 0.3 is 6.09 Å². The highest BCUT2D eigenvalue weighted by Gasteiger charge is 2.55. The number of carbonyl (C=O) groups is 1. The minimum absolute atomic E-state index is 0.176. The Kier molecular flexibility index (Phi) is 4.51. The Balaban J connectivity index is 1.77. The zero-order chi connectivity index (χ0) is 18.2. The molecular formula is C18H28N4O3. The number of aryl methyl sites for hydroxylation is 1. The quantitative estimate of drug-likeness (QED) is 0.877. The number of amides is 1. The highest BCUT2D eigenvalue weighted by molar-refractivity contribution is 5.70. The molecule has 138 valence electrons. The van der Waals surface area contributed by atoms with Crippen LogP contribution in [0.2, 0.25) is 0 Å². The van der Waals surface area contributed by atoms with Gasteiger partial charge in [0.25, 0.3) is 5.56 Å². The fourth-order valence-electron chi connectivity index (χ4n) is 3.99. The number of nitrogens with one attached hydrogen (secondary N) is 2. The van der Waals surface area contributed by atoms with E-state index in [4.69, 9.17) is 4.74 Å². The molecule has 2 fully saturated rings. The van der Waals surface area contributed by atoms with E-state index >= 15 is 0 Å². The van der Waals surface area contributed by atoms with Gasteiger partial charge in [0.05, 0.1) is 5.54 Å². The van der Waals surface area contributed by atoms with E-state index in [9.17, 15) is 9.59 Å². The Morgan fingerprint density at radius 2 is 2.24 bits per heavy atom. The number of hydrogen-bond donors (Lipinski definition) is 2. The third kappa shape index (κ3) is 3.65. The van der Waals surface area contributed by atoms with Crippen LogP contribution in [0.25, 0.3) is 0 Å². The van der Waals surface area contributed by atoms with Crippen molar-refractivity contribution in [2.45, 2.75) is 64.5 Å². The summed E-state index contributed by atoms with van der Waals surface area (Å²) in [5.41, 5.74) is -0.263. The molecule has 0 aromatic carbocycles. The van der Waals surface area contributed by atoms with Crippen LogP contribution in [0.4, 0.5) is 10.7 Å². The second-order valence-corrected chi connectivity index (χ2v) is 8.20. The first-order chi connectivity index (χ1) is 11.7. The van der Waals surface area contributed by atoms with E-state index in [1.54, 1.807) is 6.92 Å². The number of carbonyl (C=O) groups excluding carboxylic acids is 1. The van der Waals surface area contributed by atoms with Crippen molar-refractivity contribution in [3.63, 3.8) is 0 Å². The van der Waals surface area contributed by atoms with Crippen LogP contribution in [0.1, 0.15) is 52.1 Å². The fraction of sp³-hybridized carbons (Fsp3) is 0.722. The van der Waals surface area contributed by atoms with Gasteiger partial charge in [-0.2, -0.15) is 0 Å². The molecule has 25 heavy (non-hydrogen) atoms. The molecule has 2 N–H and O–H groups in total. The first-order valence-corrected chi connectivity index (χ1v) is 9.02. The average Bonchev–Trinajstić information content (AvgIpc) is 2.44. The number of anilines is 1. The summed E-state index contributed by atoms with van der Waals surface area (Å²) >= 11 is 0. The molecule has 1 aliphatic carbocycles. The number of aromatic amines is 1. The maximum atomic E-state index is 12.7. The van der Waals surface area contributed by atoms with E-state index in [1.165, 1.54) is 6.07 Å². The van der Waals surface area contributed by atoms with Crippen LogP contribution in [0, 0.1) is 12.8 Å². The SMILES string of the molecule is Cc1cc(=O)[nH]c(NC[C@]23CC[C@H]2CCCN3C(=O)OC(C)(C)C)n1. The fourth-order valence-corrected chi connectivity index (χ4v) is 3.99. The predicted molar refractivity (Wildman–Crippen MR) is 95.7 cm³/mol. The number of likely N-dealkylation sites (tertiary alicyclic amines) is 1. The Hall–Kier alpha value is -2.05. The van der Waals surface area contributed by atoms with Crippen LogP contribution in [-0.2, 0) is 4.74 Å². The summed E-state index contributed by atoms with van der Waals surface area (Å²) in [7, 11) is 0. The number of aromatic nitrogens is 2. The minimum atomic E-state index is -0.508. The van der Waals surface area contributed by atoms with Gasteiger partial charge in [0.1, 0.15) is 5.60 Å². The number of rotatable bonds is 3. The van der Waals surface area contributed by atoms with Crippen molar-refractivity contribution in [2.75, 3.05) is 18.4 Å². The molecule has 0 unspecified atom stereocenters. The minimum Gasteiger partial charge on any atom is -0.444 e. The van der Waals surface area contributed by atoms with Crippen molar-refractivity contribution in [1.29, 1.82) is 0 Å². The number of ether oxygens (including phenoxy) is 1. The summed E-state index contributed by atoms with van der Waals surface area (Å²) in [6, 6.07) is 1.46. The van der Waals surface area contributed by atoms with E-state index in [-0.39, 0.29) is 17.2 Å². The molecule has 2 aliphatic rings. The van der Waals surface area contributed by atoms with E-state index in [0.29, 0.717) is 30.6 Å². The van der Waals surface area contributed by atoms with Crippen molar-refractivity contribution >= 4 is 12.0 Å². The van der Waals surface area contributed by atoms with E-state index in [2.05, 4.69) is 15.3 Å². The molecule has 1 amide bonds. The van der Waals surface area contributed by atoms with Gasteiger partial charge < -0.3 is 15.0 Å². The lowest BCUT2D eigenvalue weighted by Crippen LogP contribution is -2.68. The van der Waals surface area contributed by atoms with Gasteiger partial charge in [-0.15, -0.1) is 0 Å². The van der Waals surface area contributed by atoms with Crippen molar-refractivity contribution in [3.05, 3.63) is 22.1 Å². The molecule has 1 aromatic rings. The number of nitrogens with zero attached hydrogens (tertiary/aromatic N) is 2. The Morgan fingerprint density at radius 3 is 2.84 bits per heavy atom. The normalized spacial score (nSPS) is 25.8. The molecule has 0 spiro atoms. The van der Waals surface area contributed by atoms with Gasteiger partial charge in [0.15, 0.2) is 0 Å². The van der Waals surface area contributed by atoms with E-state index < -0.39 is 5.60 Å². The smallest absolute Gasteiger partial charge is 0.410 e. The Morgan fingerprint density at radius 1 is 1.48 bits per heavy atom. The lowest BCUT2D eigenvalue weighted by atomic mass is 9.61. The van der Waals surface area contributed by atoms with E-state index in [0.717, 1.165) is 25.7 Å². The summed E-state index contributed by atoms with van der Waals surface area (Å²) in [6.07, 6.45) is 3.95. The summed E-state index contributed by atoms with van der Waals surface area (Å²) < 4.78 is 5.63. The maximum absolute atomic E-state index is 12.7. The Bertz CT molecular complexity index is 709. The van der Waals surface area contributed by atoms with Crippen LogP contribution in [0.3, 0.4) is 0 Å². The molecule has 1 saturated heterocycles. The van der Waals surface area contributed by atoms with Crippen molar-refractivity contribution < 1.29 is 9.53 Å². The molecule has 1 saturated carbocycles. The molecule has 0 bridgehead atoms. The first kappa shape index (κ1) is 17.8. The van der Waals surface area contributed by atoms with Gasteiger partial charge in [-0.25, -0.2) is 9.78 Å². The third-order valence-electron chi connectivity index (χ3n) is 5.20. The monoisotopic (exact) mass is 348 g/mol. The highest BCUT2D eigenvalue weighted by Crippen LogP contribution is 2.49. The lowest BCUT2D eigenvalue weighted by molar-refractivity contribution is -0.0751. The zero-order valence-corrected chi connectivity index (χ0v) is 15.5. The summed E-state index contributed by atoms with van der Waals surface area (Å²) in [5, 5.41) is 3.25. The number of hydrogen-bond acceptors (Lipinski definition) is 5. The summed E-state index contributed by atoms with van der Waals surface area (Å²) in [4.78, 5) is 33.3. The second kappa shape index (κ2) is 6.35. The summed E-state index contributed by atoms with van der Waals surface area (Å²) in [5.74, 6) is 0.928. The number of piperidine rings is 1. The third-order valence-corrected chi connectivity index (χ3v) is 5.20. The maximum Gasteiger partial charge on any atom is 0.410 e. The molecule has 1 aromatic heterocycles. The molecule has 2 heterocycles. The van der Waals surface area contributed by atoms with Gasteiger partial charge in [0, 0.05) is 24.8 Å². The molecule has 7 heteroatoms. The molecule has 0 radical (unpaired) electrons. The Labute approximate surface area is 148 Å². The van der Waals surface area contributed by atoms with Crippen molar-refractivity contribution in [2.24, 2.45) is 5.92 Å². The first-order valence-electron chi connectivity index (χ1n) is 9.02. The van der Waals surface area contributed by atoms with Crippen LogP contribution in [0.5, 0.6) is 0 Å². The topological polar surface area (TPSA) is 87.3 Å². The van der Waals surface area contributed by atoms with Crippen molar-refractivity contribution in [3.8, 4) is 0 Å². The van der Waals surface area contributed by atoms with Crippen LogP contribution in [-0.4, -0.2) is 45.2 Å². The van der Waals surface area contributed by atoms with Crippen LogP contribution in [0.15, 0.2) is 10.9 Å². The zero-order valence-electron chi connectivity index (χ0n) is 15.5. The molecule has 1 aliphatic heterocycles.